The van der Waals surface area contributed by atoms with Gasteiger partial charge in [0.2, 0.25) is 6.08 Å². The van der Waals surface area contributed by atoms with Crippen molar-refractivity contribution in [2.24, 2.45) is 4.99 Å². The molecule has 156 valence electrons. The molecule has 3 nitrogen and oxygen atoms in total. The number of hydrogen-bond donors (Lipinski definition) is 1. The lowest BCUT2D eigenvalue weighted by atomic mass is 9.99. The zero-order valence-electron chi connectivity index (χ0n) is 17.2. The molecule has 0 amide bonds. The van der Waals surface area contributed by atoms with Gasteiger partial charge in [-0.3, -0.25) is 0 Å². The van der Waals surface area contributed by atoms with Gasteiger partial charge >= 0.3 is 0 Å². The zero-order chi connectivity index (χ0) is 20.8. The third kappa shape index (κ3) is 3.21. The van der Waals surface area contributed by atoms with Crippen LogP contribution >= 0.6 is 31.9 Å². The summed E-state index contributed by atoms with van der Waals surface area (Å²) in [7, 11) is 0. The summed E-state index contributed by atoms with van der Waals surface area (Å²) in [4.78, 5) is 14.5. The van der Waals surface area contributed by atoms with Crippen LogP contribution in [-0.2, 0) is 56.2 Å². The van der Waals surface area contributed by atoms with E-state index in [0.717, 1.165) is 37.1 Å². The molecule has 0 spiro atoms. The molecule has 0 heterocycles. The lowest BCUT2D eigenvalue weighted by Crippen LogP contribution is -2.01. The molecular weight excluding hydrogens is 504 g/mol. The van der Waals surface area contributed by atoms with Crippen LogP contribution in [-0.4, -0.2) is 6.08 Å². The monoisotopic (exact) mass is 528 g/mol. The first-order valence-electron chi connectivity index (χ1n) is 11.1. The molecule has 2 aromatic carbocycles. The van der Waals surface area contributed by atoms with Crippen molar-refractivity contribution in [1.29, 1.82) is 0 Å². The minimum absolute atomic E-state index is 0.943. The highest BCUT2D eigenvalue weighted by Gasteiger charge is 2.28. The fourth-order valence-electron chi connectivity index (χ4n) is 5.97. The number of aliphatic imine (C=N–C) groups is 1. The molecule has 0 bridgehead atoms. The predicted molar refractivity (Wildman–Crippen MR) is 129 cm³/mol. The highest BCUT2D eigenvalue weighted by atomic mass is 79.9. The fraction of sp³-hybridized carbons (Fsp3) is 0.480. The number of fused-ring (bicyclic) bond motifs is 4. The van der Waals surface area contributed by atoms with E-state index in [1.54, 1.807) is 6.08 Å². The van der Waals surface area contributed by atoms with Crippen LogP contribution in [0.4, 0.5) is 11.4 Å². The maximum absolute atomic E-state index is 10.6. The minimum atomic E-state index is 0.943. The van der Waals surface area contributed by atoms with Crippen LogP contribution in [0.25, 0.3) is 0 Å². The summed E-state index contributed by atoms with van der Waals surface area (Å²) in [5.41, 5.74) is 19.5. The van der Waals surface area contributed by atoms with Gasteiger partial charge in [0, 0.05) is 14.6 Å². The van der Waals surface area contributed by atoms with Crippen molar-refractivity contribution in [3.63, 3.8) is 0 Å². The van der Waals surface area contributed by atoms with E-state index in [1.807, 2.05) is 0 Å². The lowest BCUT2D eigenvalue weighted by Gasteiger charge is -2.13. The fourth-order valence-corrected chi connectivity index (χ4v) is 7.72. The number of halogens is 2. The Balaban J connectivity index is 0.000000130. The van der Waals surface area contributed by atoms with Crippen molar-refractivity contribution in [1.82, 2.24) is 0 Å². The lowest BCUT2D eigenvalue weighted by molar-refractivity contribution is 0.565. The second-order valence-electron chi connectivity index (χ2n) is 8.84. The quantitative estimate of drug-likeness (QED) is 0.264. The normalized spacial score (nSPS) is 17.5. The van der Waals surface area contributed by atoms with E-state index in [0.29, 0.717) is 0 Å². The number of hydrogen-bond acceptors (Lipinski definition) is 3. The molecule has 0 aromatic heterocycles. The van der Waals surface area contributed by atoms with Crippen molar-refractivity contribution >= 4 is 49.3 Å². The maximum Gasteiger partial charge on any atom is 0.240 e. The highest BCUT2D eigenvalue weighted by Crippen LogP contribution is 2.45. The van der Waals surface area contributed by atoms with Gasteiger partial charge in [0.05, 0.1) is 5.69 Å². The van der Waals surface area contributed by atoms with Crippen molar-refractivity contribution in [3.05, 3.63) is 53.5 Å². The van der Waals surface area contributed by atoms with E-state index in [2.05, 4.69) is 36.9 Å². The van der Waals surface area contributed by atoms with Gasteiger partial charge in [-0.15, -0.1) is 0 Å². The Kier molecular flexibility index (Phi) is 5.64. The first-order valence-corrected chi connectivity index (χ1v) is 12.7. The Morgan fingerprint density at radius 3 is 1.33 bits per heavy atom. The predicted octanol–water partition coefficient (Wildman–Crippen LogP) is 6.40. The standard InChI is InChI=1S/C13H12BrNO.C12H14BrN/c14-12-8-3-1-5-10(8)13(15-7-16)11-6-2-4-9(11)12;13-11-7-3-1-5-9(7)12(14)10-6-2-4-8(10)11/h1-6H2;1-6,14H2. The van der Waals surface area contributed by atoms with Crippen molar-refractivity contribution in [2.45, 2.75) is 77.0 Å². The molecule has 0 radical (unpaired) electrons. The molecular formula is C25H26Br2N2O. The van der Waals surface area contributed by atoms with Crippen LogP contribution in [0.2, 0.25) is 0 Å². The number of anilines is 1. The summed E-state index contributed by atoms with van der Waals surface area (Å²) in [5, 5.41) is 0. The van der Waals surface area contributed by atoms with Crippen LogP contribution in [0.5, 0.6) is 0 Å². The molecule has 0 atom stereocenters. The summed E-state index contributed by atoms with van der Waals surface area (Å²) in [6, 6.07) is 0. The van der Waals surface area contributed by atoms with E-state index in [-0.39, 0.29) is 0 Å². The first kappa shape index (κ1) is 20.5. The van der Waals surface area contributed by atoms with Gasteiger partial charge in [0.15, 0.2) is 0 Å². The molecule has 2 N–H and O–H groups in total. The Hall–Kier alpha value is -1.42. The highest BCUT2D eigenvalue weighted by molar-refractivity contribution is 9.10. The van der Waals surface area contributed by atoms with Crippen LogP contribution in [0.15, 0.2) is 13.9 Å². The molecule has 6 rings (SSSR count). The van der Waals surface area contributed by atoms with E-state index in [4.69, 9.17) is 5.73 Å². The topological polar surface area (TPSA) is 55.5 Å². The Bertz CT molecular complexity index is 992. The van der Waals surface area contributed by atoms with E-state index < -0.39 is 0 Å². The number of benzene rings is 2. The van der Waals surface area contributed by atoms with Crippen LogP contribution in [0.1, 0.15) is 70.2 Å². The van der Waals surface area contributed by atoms with Gasteiger partial charge in [0.1, 0.15) is 0 Å². The molecule has 0 saturated carbocycles. The first-order chi connectivity index (χ1) is 14.6. The van der Waals surface area contributed by atoms with Crippen LogP contribution in [0.3, 0.4) is 0 Å². The summed E-state index contributed by atoms with van der Waals surface area (Å²) in [6.07, 6.45) is 15.8. The average Bonchev–Trinajstić information content (AvgIpc) is 3.55. The van der Waals surface area contributed by atoms with Crippen LogP contribution < -0.4 is 5.73 Å². The summed E-state index contributed by atoms with van der Waals surface area (Å²) in [5.74, 6) is 0. The average molecular weight is 530 g/mol. The van der Waals surface area contributed by atoms with Crippen LogP contribution in [0, 0.1) is 0 Å². The van der Waals surface area contributed by atoms with Gasteiger partial charge in [-0.25, -0.2) is 4.79 Å². The van der Waals surface area contributed by atoms with Gasteiger partial charge in [-0.05, 0) is 122 Å². The van der Waals surface area contributed by atoms with Gasteiger partial charge in [0.25, 0.3) is 0 Å². The molecule has 0 unspecified atom stereocenters. The second-order valence-corrected chi connectivity index (χ2v) is 10.4. The molecule has 0 fully saturated rings. The molecule has 0 aliphatic heterocycles. The number of rotatable bonds is 1. The molecule has 0 saturated heterocycles. The maximum atomic E-state index is 10.6. The van der Waals surface area contributed by atoms with Gasteiger partial charge < -0.3 is 5.73 Å². The number of nitrogens with zero attached hydrogens (tertiary/aromatic N) is 1. The number of carbonyl (C=O) groups excluding carboxylic acids is 1. The Morgan fingerprint density at radius 2 is 0.933 bits per heavy atom. The minimum Gasteiger partial charge on any atom is -0.398 e. The Labute approximate surface area is 194 Å². The SMILES string of the molecule is Nc1c2c(c(Br)c3c1CCC3)CCC2.O=C=Nc1c2c(c(Br)c3c1CCC3)CCC2. The second kappa shape index (κ2) is 8.26. The van der Waals surface area contributed by atoms with Crippen molar-refractivity contribution in [3.8, 4) is 0 Å². The molecule has 2 aromatic rings. The molecule has 5 heteroatoms. The number of nitrogen functional groups attached to an aromatic ring is 1. The van der Waals surface area contributed by atoms with Gasteiger partial charge in [-0.2, -0.15) is 4.99 Å². The number of nitrogens with two attached hydrogens (primary N) is 1. The number of isocyanates is 1. The van der Waals surface area contributed by atoms with E-state index in [9.17, 15) is 4.79 Å². The molecule has 30 heavy (non-hydrogen) atoms. The largest absolute Gasteiger partial charge is 0.398 e. The molecule has 4 aliphatic carbocycles. The van der Waals surface area contributed by atoms with E-state index >= 15 is 0 Å². The summed E-state index contributed by atoms with van der Waals surface area (Å²) in [6.45, 7) is 0. The third-order valence-corrected chi connectivity index (χ3v) is 9.22. The summed E-state index contributed by atoms with van der Waals surface area (Å²) >= 11 is 7.49. The zero-order valence-corrected chi connectivity index (χ0v) is 20.3. The smallest absolute Gasteiger partial charge is 0.240 e. The van der Waals surface area contributed by atoms with Crippen molar-refractivity contribution in [2.75, 3.05) is 5.73 Å². The summed E-state index contributed by atoms with van der Waals surface area (Å²) < 4.78 is 2.67. The van der Waals surface area contributed by atoms with E-state index in [1.165, 1.54) is 105 Å². The third-order valence-electron chi connectivity index (χ3n) is 7.31. The molecule has 4 aliphatic rings. The van der Waals surface area contributed by atoms with Crippen molar-refractivity contribution < 1.29 is 4.79 Å². The Morgan fingerprint density at radius 1 is 0.600 bits per heavy atom. The van der Waals surface area contributed by atoms with Gasteiger partial charge in [-0.1, -0.05) is 31.9 Å².